The minimum absolute atomic E-state index is 0.0190. The van der Waals surface area contributed by atoms with Crippen molar-refractivity contribution < 1.29 is 14.3 Å². The smallest absolute Gasteiger partial charge is 0.258 e. The van der Waals surface area contributed by atoms with Crippen LogP contribution in [-0.4, -0.2) is 31.0 Å². The van der Waals surface area contributed by atoms with Crippen LogP contribution in [0.2, 0.25) is 0 Å². The summed E-state index contributed by atoms with van der Waals surface area (Å²) in [6.07, 6.45) is 0.311. The number of benzene rings is 2. The molecule has 1 saturated heterocycles. The third-order valence-electron chi connectivity index (χ3n) is 3.67. The third kappa shape index (κ3) is 3.88. The number of nitrogens with zero attached hydrogens (tertiary/aromatic N) is 1. The molecule has 0 radical (unpaired) electrons. The lowest BCUT2D eigenvalue weighted by molar-refractivity contribution is -0.123. The van der Waals surface area contributed by atoms with Crippen molar-refractivity contribution in [3.63, 3.8) is 0 Å². The Balaban J connectivity index is 1.51. The molecule has 0 saturated carbocycles. The summed E-state index contributed by atoms with van der Waals surface area (Å²) in [6, 6.07) is 18.5. The molecule has 2 aromatic carbocycles. The van der Waals surface area contributed by atoms with Crippen molar-refractivity contribution in [1.29, 1.82) is 0 Å². The SMILES string of the molecule is O=C(COc1ccccc1)N[C@H]1CC(=O)N(c2ccccc2)C1. The van der Waals surface area contributed by atoms with Gasteiger partial charge in [0.05, 0.1) is 6.04 Å². The molecule has 1 N–H and O–H groups in total. The number of rotatable bonds is 5. The summed E-state index contributed by atoms with van der Waals surface area (Å²) in [5.41, 5.74) is 0.856. The third-order valence-corrected chi connectivity index (χ3v) is 3.67. The van der Waals surface area contributed by atoms with Gasteiger partial charge < -0.3 is 15.0 Å². The van der Waals surface area contributed by atoms with Gasteiger partial charge >= 0.3 is 0 Å². The van der Waals surface area contributed by atoms with E-state index in [0.717, 1.165) is 5.69 Å². The van der Waals surface area contributed by atoms with Crippen LogP contribution in [-0.2, 0) is 9.59 Å². The number of carbonyl (C=O) groups is 2. The van der Waals surface area contributed by atoms with Gasteiger partial charge in [0.15, 0.2) is 6.61 Å². The average molecular weight is 310 g/mol. The van der Waals surface area contributed by atoms with Crippen molar-refractivity contribution in [3.05, 3.63) is 60.7 Å². The van der Waals surface area contributed by atoms with E-state index < -0.39 is 0 Å². The number of nitrogens with one attached hydrogen (secondary N) is 1. The predicted molar refractivity (Wildman–Crippen MR) is 87.3 cm³/mol. The van der Waals surface area contributed by atoms with E-state index in [-0.39, 0.29) is 24.5 Å². The molecule has 5 nitrogen and oxygen atoms in total. The van der Waals surface area contributed by atoms with Gasteiger partial charge in [-0.15, -0.1) is 0 Å². The van der Waals surface area contributed by atoms with Crippen LogP contribution >= 0.6 is 0 Å². The fraction of sp³-hybridized carbons (Fsp3) is 0.222. The van der Waals surface area contributed by atoms with Gasteiger partial charge in [-0.25, -0.2) is 0 Å². The molecular formula is C18H18N2O3. The zero-order chi connectivity index (χ0) is 16.1. The van der Waals surface area contributed by atoms with Crippen LogP contribution < -0.4 is 15.0 Å². The molecule has 1 fully saturated rings. The zero-order valence-electron chi connectivity index (χ0n) is 12.6. The molecule has 0 unspecified atom stereocenters. The molecule has 0 aliphatic carbocycles. The van der Waals surface area contributed by atoms with Gasteiger partial charge in [0.25, 0.3) is 5.91 Å². The predicted octanol–water partition coefficient (Wildman–Crippen LogP) is 1.99. The largest absolute Gasteiger partial charge is 0.484 e. The molecule has 0 aromatic heterocycles. The lowest BCUT2D eigenvalue weighted by atomic mass is 10.2. The van der Waals surface area contributed by atoms with Crippen molar-refractivity contribution in [3.8, 4) is 5.75 Å². The minimum atomic E-state index is -0.221. The molecule has 1 atom stereocenters. The molecule has 2 amide bonds. The second kappa shape index (κ2) is 6.96. The summed E-state index contributed by atoms with van der Waals surface area (Å²) >= 11 is 0. The van der Waals surface area contributed by atoms with E-state index in [1.54, 1.807) is 17.0 Å². The summed E-state index contributed by atoms with van der Waals surface area (Å²) in [7, 11) is 0. The van der Waals surface area contributed by atoms with Crippen LogP contribution in [0.1, 0.15) is 6.42 Å². The molecule has 118 valence electrons. The summed E-state index contributed by atoms with van der Waals surface area (Å²) in [5, 5.41) is 2.85. The minimum Gasteiger partial charge on any atom is -0.484 e. The summed E-state index contributed by atoms with van der Waals surface area (Å²) < 4.78 is 5.41. The second-order valence-electron chi connectivity index (χ2n) is 5.41. The van der Waals surface area contributed by atoms with Crippen molar-refractivity contribution in [2.24, 2.45) is 0 Å². The van der Waals surface area contributed by atoms with Crippen molar-refractivity contribution in [2.45, 2.75) is 12.5 Å². The highest BCUT2D eigenvalue weighted by molar-refractivity contribution is 5.96. The summed E-state index contributed by atoms with van der Waals surface area (Å²) in [4.78, 5) is 25.7. The van der Waals surface area contributed by atoms with Crippen molar-refractivity contribution >= 4 is 17.5 Å². The quantitative estimate of drug-likeness (QED) is 0.919. The number of anilines is 1. The van der Waals surface area contributed by atoms with E-state index in [0.29, 0.717) is 18.7 Å². The number of hydrogen-bond acceptors (Lipinski definition) is 3. The monoisotopic (exact) mass is 310 g/mol. The topological polar surface area (TPSA) is 58.6 Å². The normalized spacial score (nSPS) is 17.1. The lowest BCUT2D eigenvalue weighted by Crippen LogP contribution is -2.39. The first kappa shape index (κ1) is 15.1. The molecular weight excluding hydrogens is 292 g/mol. The number of hydrogen-bond donors (Lipinski definition) is 1. The molecule has 23 heavy (non-hydrogen) atoms. The van der Waals surface area contributed by atoms with E-state index in [1.165, 1.54) is 0 Å². The Kier molecular flexibility index (Phi) is 4.57. The van der Waals surface area contributed by atoms with Gasteiger partial charge in [-0.1, -0.05) is 36.4 Å². The molecule has 0 spiro atoms. The van der Waals surface area contributed by atoms with E-state index in [4.69, 9.17) is 4.74 Å². The fourth-order valence-corrected chi connectivity index (χ4v) is 2.60. The van der Waals surface area contributed by atoms with Gasteiger partial charge in [0.1, 0.15) is 5.75 Å². The van der Waals surface area contributed by atoms with Crippen LogP contribution in [0.15, 0.2) is 60.7 Å². The van der Waals surface area contributed by atoms with Crippen molar-refractivity contribution in [1.82, 2.24) is 5.32 Å². The first-order chi connectivity index (χ1) is 11.2. The zero-order valence-corrected chi connectivity index (χ0v) is 12.6. The van der Waals surface area contributed by atoms with E-state index in [9.17, 15) is 9.59 Å². The van der Waals surface area contributed by atoms with E-state index >= 15 is 0 Å². The second-order valence-corrected chi connectivity index (χ2v) is 5.41. The van der Waals surface area contributed by atoms with Gasteiger partial charge in [0, 0.05) is 18.7 Å². The van der Waals surface area contributed by atoms with Crippen LogP contribution in [0.3, 0.4) is 0 Å². The molecule has 0 bridgehead atoms. The molecule has 1 heterocycles. The highest BCUT2D eigenvalue weighted by atomic mass is 16.5. The maximum absolute atomic E-state index is 12.1. The first-order valence-corrected chi connectivity index (χ1v) is 7.55. The highest BCUT2D eigenvalue weighted by Crippen LogP contribution is 2.20. The molecule has 3 rings (SSSR count). The number of para-hydroxylation sites is 2. The Morgan fingerprint density at radius 2 is 1.74 bits per heavy atom. The Morgan fingerprint density at radius 3 is 2.43 bits per heavy atom. The van der Waals surface area contributed by atoms with Gasteiger partial charge in [0.2, 0.25) is 5.91 Å². The first-order valence-electron chi connectivity index (χ1n) is 7.55. The van der Waals surface area contributed by atoms with Crippen LogP contribution in [0.25, 0.3) is 0 Å². The van der Waals surface area contributed by atoms with E-state index in [2.05, 4.69) is 5.32 Å². The van der Waals surface area contributed by atoms with Gasteiger partial charge in [-0.2, -0.15) is 0 Å². The Hall–Kier alpha value is -2.82. The molecule has 5 heteroatoms. The number of amides is 2. The average Bonchev–Trinajstić information content (AvgIpc) is 2.95. The fourth-order valence-electron chi connectivity index (χ4n) is 2.60. The summed E-state index contributed by atoms with van der Waals surface area (Å²) in [5.74, 6) is 0.447. The number of ether oxygens (including phenoxy) is 1. The maximum Gasteiger partial charge on any atom is 0.258 e. The van der Waals surface area contributed by atoms with E-state index in [1.807, 2.05) is 48.5 Å². The molecule has 1 aliphatic rings. The lowest BCUT2D eigenvalue weighted by Gasteiger charge is -2.17. The standard InChI is InChI=1S/C18H18N2O3/c21-17(13-23-16-9-5-2-6-10-16)19-14-11-18(22)20(12-14)15-7-3-1-4-8-15/h1-10,14H,11-13H2,(H,19,21)/t14-/m0/s1. The molecule has 2 aromatic rings. The van der Waals surface area contributed by atoms with Crippen LogP contribution in [0.4, 0.5) is 5.69 Å². The van der Waals surface area contributed by atoms with Crippen molar-refractivity contribution in [2.75, 3.05) is 18.1 Å². The van der Waals surface area contributed by atoms with Gasteiger partial charge in [-0.05, 0) is 24.3 Å². The number of carbonyl (C=O) groups excluding carboxylic acids is 2. The Labute approximate surface area is 134 Å². The van der Waals surface area contributed by atoms with Crippen LogP contribution in [0, 0.1) is 0 Å². The highest BCUT2D eigenvalue weighted by Gasteiger charge is 2.31. The Morgan fingerprint density at radius 1 is 1.09 bits per heavy atom. The van der Waals surface area contributed by atoms with Crippen LogP contribution in [0.5, 0.6) is 5.75 Å². The maximum atomic E-state index is 12.1. The Bertz CT molecular complexity index is 673. The molecule has 1 aliphatic heterocycles. The summed E-state index contributed by atoms with van der Waals surface area (Å²) in [6.45, 7) is 0.431. The van der Waals surface area contributed by atoms with Gasteiger partial charge in [-0.3, -0.25) is 9.59 Å².